The molecular formula is C13H14Cl2N2O2. The van der Waals surface area contributed by atoms with Crippen LogP contribution >= 0.6 is 23.2 Å². The SMILES string of the molecule is C=NC(=O)CN(C)C(=O)CCc1ccc(Cl)c(Cl)c1. The number of halogens is 2. The maximum atomic E-state index is 11.8. The topological polar surface area (TPSA) is 49.7 Å². The van der Waals surface area contributed by atoms with E-state index < -0.39 is 5.91 Å². The number of aryl methyl sites for hydroxylation is 1. The molecular weight excluding hydrogens is 287 g/mol. The molecule has 0 aliphatic rings. The zero-order valence-electron chi connectivity index (χ0n) is 10.5. The monoisotopic (exact) mass is 300 g/mol. The van der Waals surface area contributed by atoms with E-state index in [1.54, 1.807) is 19.2 Å². The van der Waals surface area contributed by atoms with Crippen LogP contribution in [0, 0.1) is 0 Å². The van der Waals surface area contributed by atoms with Gasteiger partial charge in [-0.2, -0.15) is 0 Å². The predicted molar refractivity (Wildman–Crippen MR) is 77.0 cm³/mol. The molecule has 0 radical (unpaired) electrons. The third-order valence-electron chi connectivity index (χ3n) is 2.59. The van der Waals surface area contributed by atoms with Crippen LogP contribution < -0.4 is 0 Å². The molecule has 0 aromatic heterocycles. The van der Waals surface area contributed by atoms with Gasteiger partial charge in [0.15, 0.2) is 0 Å². The summed E-state index contributed by atoms with van der Waals surface area (Å²) < 4.78 is 0. The van der Waals surface area contributed by atoms with Crippen molar-refractivity contribution in [2.45, 2.75) is 12.8 Å². The normalized spacial score (nSPS) is 10.1. The highest BCUT2D eigenvalue weighted by Crippen LogP contribution is 2.23. The number of hydrogen-bond acceptors (Lipinski definition) is 2. The van der Waals surface area contributed by atoms with Gasteiger partial charge in [-0.1, -0.05) is 29.3 Å². The van der Waals surface area contributed by atoms with Gasteiger partial charge in [0.2, 0.25) is 5.91 Å². The smallest absolute Gasteiger partial charge is 0.264 e. The summed E-state index contributed by atoms with van der Waals surface area (Å²) in [7, 11) is 1.56. The molecule has 102 valence electrons. The average molecular weight is 301 g/mol. The van der Waals surface area contributed by atoms with Gasteiger partial charge >= 0.3 is 0 Å². The Balaban J connectivity index is 2.51. The van der Waals surface area contributed by atoms with Gasteiger partial charge in [0.25, 0.3) is 5.91 Å². The van der Waals surface area contributed by atoms with Gasteiger partial charge in [-0.15, -0.1) is 0 Å². The van der Waals surface area contributed by atoms with Crippen molar-refractivity contribution in [3.63, 3.8) is 0 Å². The van der Waals surface area contributed by atoms with Crippen LogP contribution in [0.1, 0.15) is 12.0 Å². The maximum Gasteiger partial charge on any atom is 0.264 e. The first-order valence-corrected chi connectivity index (χ1v) is 6.37. The Morgan fingerprint density at radius 3 is 2.58 bits per heavy atom. The second-order valence-electron chi connectivity index (χ2n) is 4.05. The molecule has 0 N–H and O–H groups in total. The lowest BCUT2D eigenvalue weighted by molar-refractivity contribution is -0.133. The molecule has 0 saturated heterocycles. The quantitative estimate of drug-likeness (QED) is 0.785. The molecule has 0 heterocycles. The molecule has 19 heavy (non-hydrogen) atoms. The number of aliphatic imine (C=N–C) groups is 1. The molecule has 1 aromatic carbocycles. The summed E-state index contributed by atoms with van der Waals surface area (Å²) in [5, 5.41) is 0.947. The standard InChI is InChI=1S/C13H14Cl2N2O2/c1-16-12(18)8-17(2)13(19)6-4-9-3-5-10(14)11(15)7-9/h3,5,7H,1,4,6,8H2,2H3. The number of hydrogen-bond donors (Lipinski definition) is 0. The van der Waals surface area contributed by atoms with Crippen LogP contribution in [0.15, 0.2) is 23.2 Å². The van der Waals surface area contributed by atoms with Crippen LogP contribution in [0.4, 0.5) is 0 Å². The lowest BCUT2D eigenvalue weighted by Crippen LogP contribution is -2.31. The minimum absolute atomic E-state index is 0.0519. The summed E-state index contributed by atoms with van der Waals surface area (Å²) in [4.78, 5) is 27.4. The van der Waals surface area contributed by atoms with Gasteiger partial charge in [0, 0.05) is 13.5 Å². The van der Waals surface area contributed by atoms with Gasteiger partial charge in [0.1, 0.15) is 6.54 Å². The summed E-state index contributed by atoms with van der Waals surface area (Å²) >= 11 is 11.7. The molecule has 0 atom stereocenters. The van der Waals surface area contributed by atoms with Crippen LogP contribution in [0.2, 0.25) is 10.0 Å². The number of nitrogens with zero attached hydrogens (tertiary/aromatic N) is 2. The fraction of sp³-hybridized carbons (Fsp3) is 0.308. The number of carbonyl (C=O) groups is 2. The van der Waals surface area contributed by atoms with Gasteiger partial charge in [-0.05, 0) is 30.8 Å². The molecule has 0 bridgehead atoms. The Labute approximate surface area is 122 Å². The molecule has 2 amide bonds. The van der Waals surface area contributed by atoms with E-state index in [9.17, 15) is 9.59 Å². The van der Waals surface area contributed by atoms with E-state index in [4.69, 9.17) is 23.2 Å². The molecule has 6 heteroatoms. The summed E-state index contributed by atoms with van der Waals surface area (Å²) in [5.41, 5.74) is 0.921. The highest BCUT2D eigenvalue weighted by Gasteiger charge is 2.12. The van der Waals surface area contributed by atoms with Gasteiger partial charge in [-0.25, -0.2) is 4.99 Å². The molecule has 0 unspecified atom stereocenters. The number of amides is 2. The third kappa shape index (κ3) is 5.01. The summed E-state index contributed by atoms with van der Waals surface area (Å²) in [6, 6.07) is 5.24. The van der Waals surface area contributed by atoms with E-state index in [1.165, 1.54) is 4.90 Å². The van der Waals surface area contributed by atoms with E-state index in [1.807, 2.05) is 6.07 Å². The van der Waals surface area contributed by atoms with Crippen LogP contribution in [0.25, 0.3) is 0 Å². The second-order valence-corrected chi connectivity index (χ2v) is 4.86. The van der Waals surface area contributed by atoms with E-state index in [0.29, 0.717) is 22.9 Å². The maximum absolute atomic E-state index is 11.8. The van der Waals surface area contributed by atoms with E-state index in [0.717, 1.165) is 5.56 Å². The van der Waals surface area contributed by atoms with Crippen molar-refractivity contribution in [2.75, 3.05) is 13.6 Å². The van der Waals surface area contributed by atoms with Gasteiger partial charge in [0.05, 0.1) is 10.0 Å². The summed E-state index contributed by atoms with van der Waals surface area (Å²) in [6.07, 6.45) is 0.828. The Morgan fingerprint density at radius 2 is 2.00 bits per heavy atom. The first kappa shape index (κ1) is 15.7. The van der Waals surface area contributed by atoms with Crippen molar-refractivity contribution in [1.82, 2.24) is 4.90 Å². The zero-order valence-corrected chi connectivity index (χ0v) is 12.0. The third-order valence-corrected chi connectivity index (χ3v) is 3.33. The van der Waals surface area contributed by atoms with Crippen molar-refractivity contribution < 1.29 is 9.59 Å². The first-order chi connectivity index (χ1) is 8.93. The lowest BCUT2D eigenvalue weighted by atomic mass is 10.1. The first-order valence-electron chi connectivity index (χ1n) is 5.61. The van der Waals surface area contributed by atoms with Crippen molar-refractivity contribution in [3.8, 4) is 0 Å². The molecule has 0 spiro atoms. The van der Waals surface area contributed by atoms with E-state index in [-0.39, 0.29) is 12.5 Å². The van der Waals surface area contributed by atoms with Crippen LogP contribution in [0.5, 0.6) is 0 Å². The minimum Gasteiger partial charge on any atom is -0.336 e. The van der Waals surface area contributed by atoms with Gasteiger partial charge in [-0.3, -0.25) is 9.59 Å². The zero-order chi connectivity index (χ0) is 14.4. The molecule has 0 fully saturated rings. The molecule has 0 saturated carbocycles. The summed E-state index contributed by atoms with van der Waals surface area (Å²) in [6.45, 7) is 3.07. The number of likely N-dealkylation sites (N-methyl/N-ethyl adjacent to an activating group) is 1. The Kier molecular flexibility index (Phi) is 5.99. The minimum atomic E-state index is -0.426. The Bertz CT molecular complexity index is 503. The van der Waals surface area contributed by atoms with Crippen LogP contribution in [-0.4, -0.2) is 37.0 Å². The van der Waals surface area contributed by atoms with Gasteiger partial charge < -0.3 is 4.90 Å². The molecule has 1 rings (SSSR count). The molecule has 1 aromatic rings. The fourth-order valence-electron chi connectivity index (χ4n) is 1.48. The molecule has 0 aliphatic heterocycles. The molecule has 0 aliphatic carbocycles. The van der Waals surface area contributed by atoms with Crippen LogP contribution in [0.3, 0.4) is 0 Å². The van der Waals surface area contributed by atoms with E-state index >= 15 is 0 Å². The molecule has 4 nitrogen and oxygen atoms in total. The second kappa shape index (κ2) is 7.26. The van der Waals surface area contributed by atoms with Crippen molar-refractivity contribution in [1.29, 1.82) is 0 Å². The predicted octanol–water partition coefficient (Wildman–Crippen LogP) is 2.61. The van der Waals surface area contributed by atoms with E-state index in [2.05, 4.69) is 11.7 Å². The van der Waals surface area contributed by atoms with Crippen molar-refractivity contribution >= 4 is 41.7 Å². The Morgan fingerprint density at radius 1 is 1.32 bits per heavy atom. The Hall–Kier alpha value is -1.39. The number of benzene rings is 1. The summed E-state index contributed by atoms with van der Waals surface area (Å²) in [5.74, 6) is -0.562. The van der Waals surface area contributed by atoms with Crippen molar-refractivity contribution in [2.24, 2.45) is 4.99 Å². The average Bonchev–Trinajstić information content (AvgIpc) is 2.39. The number of rotatable bonds is 5. The highest BCUT2D eigenvalue weighted by molar-refractivity contribution is 6.42. The van der Waals surface area contributed by atoms with Crippen molar-refractivity contribution in [3.05, 3.63) is 33.8 Å². The number of carbonyl (C=O) groups excluding carboxylic acids is 2. The fourth-order valence-corrected chi connectivity index (χ4v) is 1.80. The highest BCUT2D eigenvalue weighted by atomic mass is 35.5. The van der Waals surface area contributed by atoms with Crippen LogP contribution in [-0.2, 0) is 16.0 Å². The largest absolute Gasteiger partial charge is 0.336 e. The lowest BCUT2D eigenvalue weighted by Gasteiger charge is -2.14.